The van der Waals surface area contributed by atoms with E-state index in [-0.39, 0.29) is 12.4 Å². The van der Waals surface area contributed by atoms with Crippen LogP contribution in [0, 0.1) is 0 Å². The summed E-state index contributed by atoms with van der Waals surface area (Å²) in [5.74, 6) is 0.644. The van der Waals surface area contributed by atoms with Crippen LogP contribution in [-0.2, 0) is 13.2 Å². The van der Waals surface area contributed by atoms with Crippen LogP contribution in [0.5, 0.6) is 11.5 Å². The maximum Gasteiger partial charge on any atom is 0.162 e. The van der Waals surface area contributed by atoms with Crippen molar-refractivity contribution in [2.24, 2.45) is 0 Å². The predicted octanol–water partition coefficient (Wildman–Crippen LogP) is 2.90. The van der Waals surface area contributed by atoms with E-state index < -0.39 is 0 Å². The van der Waals surface area contributed by atoms with Crippen molar-refractivity contribution in [2.75, 3.05) is 11.9 Å². The fourth-order valence-electron chi connectivity index (χ4n) is 2.00. The molecule has 20 heavy (non-hydrogen) atoms. The molecular weight excluding hydrogens is 254 g/mol. The number of hydrogen-bond donors (Lipinski definition) is 3. The average molecular weight is 273 g/mol. The van der Waals surface area contributed by atoms with Crippen LogP contribution < -0.4 is 10.1 Å². The average Bonchev–Trinajstić information content (AvgIpc) is 2.48. The number of aliphatic hydroxyl groups is 1. The Labute approximate surface area is 118 Å². The summed E-state index contributed by atoms with van der Waals surface area (Å²) < 4.78 is 5.36. The Kier molecular flexibility index (Phi) is 4.85. The number of phenols is 1. The molecule has 4 heteroatoms. The van der Waals surface area contributed by atoms with Crippen molar-refractivity contribution < 1.29 is 14.9 Å². The fourth-order valence-corrected chi connectivity index (χ4v) is 2.00. The topological polar surface area (TPSA) is 61.7 Å². The van der Waals surface area contributed by atoms with Gasteiger partial charge in [0.25, 0.3) is 0 Å². The van der Waals surface area contributed by atoms with Crippen molar-refractivity contribution in [3.63, 3.8) is 0 Å². The number of rotatable bonds is 6. The van der Waals surface area contributed by atoms with Gasteiger partial charge in [0.1, 0.15) is 0 Å². The highest BCUT2D eigenvalue weighted by Gasteiger charge is 2.08. The molecule has 0 saturated heterocycles. The lowest BCUT2D eigenvalue weighted by atomic mass is 10.1. The summed E-state index contributed by atoms with van der Waals surface area (Å²) >= 11 is 0. The zero-order valence-electron chi connectivity index (χ0n) is 11.5. The number of para-hydroxylation sites is 2. The van der Waals surface area contributed by atoms with Gasteiger partial charge in [-0.2, -0.15) is 0 Å². The quantitative estimate of drug-likeness (QED) is 0.757. The van der Waals surface area contributed by atoms with Crippen LogP contribution in [-0.4, -0.2) is 16.8 Å². The zero-order valence-corrected chi connectivity index (χ0v) is 11.5. The largest absolute Gasteiger partial charge is 0.504 e. The molecule has 0 aliphatic rings. The maximum atomic E-state index is 10.1. The Bertz CT molecular complexity index is 569. The highest BCUT2D eigenvalue weighted by Crippen LogP contribution is 2.30. The molecule has 106 valence electrons. The highest BCUT2D eigenvalue weighted by atomic mass is 16.5. The number of aromatic hydroxyl groups is 1. The van der Waals surface area contributed by atoms with Gasteiger partial charge >= 0.3 is 0 Å². The number of benzene rings is 2. The van der Waals surface area contributed by atoms with Gasteiger partial charge in [-0.15, -0.1) is 0 Å². The van der Waals surface area contributed by atoms with Crippen LogP contribution in [0.4, 0.5) is 5.69 Å². The number of nitrogens with one attached hydrogen (secondary N) is 1. The van der Waals surface area contributed by atoms with Crippen LogP contribution in [0.3, 0.4) is 0 Å². The van der Waals surface area contributed by atoms with Gasteiger partial charge in [-0.1, -0.05) is 30.3 Å². The molecule has 0 bridgehead atoms. The Morgan fingerprint density at radius 2 is 1.80 bits per heavy atom. The molecule has 0 fully saturated rings. The molecule has 3 N–H and O–H groups in total. The first-order valence-corrected chi connectivity index (χ1v) is 6.62. The van der Waals surface area contributed by atoms with Crippen molar-refractivity contribution in [2.45, 2.75) is 20.1 Å². The predicted molar refractivity (Wildman–Crippen MR) is 79.0 cm³/mol. The second-order valence-corrected chi connectivity index (χ2v) is 4.37. The minimum Gasteiger partial charge on any atom is -0.504 e. The van der Waals surface area contributed by atoms with E-state index in [1.807, 2.05) is 43.3 Å². The molecule has 0 unspecified atom stereocenters. The second-order valence-electron chi connectivity index (χ2n) is 4.37. The van der Waals surface area contributed by atoms with E-state index in [2.05, 4.69) is 5.32 Å². The third-order valence-corrected chi connectivity index (χ3v) is 3.04. The van der Waals surface area contributed by atoms with Gasteiger partial charge in [0, 0.05) is 23.4 Å². The lowest BCUT2D eigenvalue weighted by molar-refractivity contribution is 0.282. The summed E-state index contributed by atoms with van der Waals surface area (Å²) in [5, 5.41) is 22.6. The number of anilines is 1. The monoisotopic (exact) mass is 273 g/mol. The van der Waals surface area contributed by atoms with Crippen LogP contribution in [0.15, 0.2) is 42.5 Å². The Morgan fingerprint density at radius 3 is 2.55 bits per heavy atom. The van der Waals surface area contributed by atoms with Gasteiger partial charge in [0.2, 0.25) is 0 Å². The lowest BCUT2D eigenvalue weighted by Crippen LogP contribution is -2.03. The number of phenolic OH excluding ortho intramolecular Hbond substituents is 1. The molecule has 0 aliphatic carbocycles. The number of ether oxygens (including phenoxy) is 1. The van der Waals surface area contributed by atoms with E-state index >= 15 is 0 Å². The molecule has 0 saturated carbocycles. The van der Waals surface area contributed by atoms with E-state index in [4.69, 9.17) is 4.74 Å². The Morgan fingerprint density at radius 1 is 1.05 bits per heavy atom. The van der Waals surface area contributed by atoms with Crippen LogP contribution in [0.2, 0.25) is 0 Å². The van der Waals surface area contributed by atoms with Gasteiger partial charge in [-0.25, -0.2) is 0 Å². The van der Waals surface area contributed by atoms with Crippen molar-refractivity contribution >= 4 is 5.69 Å². The van der Waals surface area contributed by atoms with Gasteiger partial charge in [-0.3, -0.25) is 0 Å². The van der Waals surface area contributed by atoms with Crippen molar-refractivity contribution in [3.8, 4) is 11.5 Å². The van der Waals surface area contributed by atoms with Crippen molar-refractivity contribution in [1.29, 1.82) is 0 Å². The van der Waals surface area contributed by atoms with E-state index in [9.17, 15) is 10.2 Å². The molecule has 0 spiro atoms. The van der Waals surface area contributed by atoms with Crippen molar-refractivity contribution in [1.82, 2.24) is 0 Å². The molecule has 2 aromatic carbocycles. The molecule has 0 radical (unpaired) electrons. The van der Waals surface area contributed by atoms with E-state index in [0.29, 0.717) is 18.9 Å². The molecule has 0 amide bonds. The molecule has 4 nitrogen and oxygen atoms in total. The van der Waals surface area contributed by atoms with E-state index in [1.165, 1.54) is 0 Å². The van der Waals surface area contributed by atoms with Gasteiger partial charge in [0.15, 0.2) is 11.5 Å². The standard InChI is InChI=1S/C16H19NO3/c1-2-20-15-9-5-7-12(16(15)19)10-17-14-8-4-3-6-13(14)11-18/h3-9,17-19H,2,10-11H2,1H3. The van der Waals surface area contributed by atoms with Gasteiger partial charge in [-0.05, 0) is 19.1 Å². The first kappa shape index (κ1) is 14.2. The summed E-state index contributed by atoms with van der Waals surface area (Å²) in [6, 6.07) is 13.0. The maximum absolute atomic E-state index is 10.1. The minimum atomic E-state index is -0.0197. The van der Waals surface area contributed by atoms with Gasteiger partial charge in [0.05, 0.1) is 13.2 Å². The summed E-state index contributed by atoms with van der Waals surface area (Å²) in [6.45, 7) is 2.83. The van der Waals surface area contributed by atoms with Crippen LogP contribution in [0.25, 0.3) is 0 Å². The third-order valence-electron chi connectivity index (χ3n) is 3.04. The molecule has 0 atom stereocenters. The highest BCUT2D eigenvalue weighted by molar-refractivity contribution is 5.53. The summed E-state index contributed by atoms with van der Waals surface area (Å²) in [4.78, 5) is 0. The molecular formula is C16H19NO3. The molecule has 0 aliphatic heterocycles. The molecule has 0 heterocycles. The summed E-state index contributed by atoms with van der Waals surface area (Å²) in [6.07, 6.45) is 0. The smallest absolute Gasteiger partial charge is 0.162 e. The normalized spacial score (nSPS) is 10.3. The first-order valence-electron chi connectivity index (χ1n) is 6.62. The van der Waals surface area contributed by atoms with Crippen LogP contribution >= 0.6 is 0 Å². The fraction of sp³-hybridized carbons (Fsp3) is 0.250. The lowest BCUT2D eigenvalue weighted by Gasteiger charge is -2.13. The Hall–Kier alpha value is -2.20. The molecule has 2 aromatic rings. The molecule has 2 rings (SSSR count). The molecule has 0 aromatic heterocycles. The zero-order chi connectivity index (χ0) is 14.4. The summed E-state index contributed by atoms with van der Waals surface area (Å²) in [5.41, 5.74) is 2.44. The SMILES string of the molecule is CCOc1cccc(CNc2ccccc2CO)c1O. The van der Waals surface area contributed by atoms with Crippen molar-refractivity contribution in [3.05, 3.63) is 53.6 Å². The number of aliphatic hydroxyl groups excluding tert-OH is 1. The van der Waals surface area contributed by atoms with Gasteiger partial charge < -0.3 is 20.3 Å². The number of hydrogen-bond acceptors (Lipinski definition) is 4. The van der Waals surface area contributed by atoms with E-state index in [1.54, 1.807) is 6.07 Å². The summed E-state index contributed by atoms with van der Waals surface area (Å²) in [7, 11) is 0. The third kappa shape index (κ3) is 3.22. The minimum absolute atomic E-state index is 0.0197. The second kappa shape index (κ2) is 6.82. The Balaban J connectivity index is 2.13. The first-order chi connectivity index (χ1) is 9.76. The van der Waals surface area contributed by atoms with E-state index in [0.717, 1.165) is 16.8 Å². The van der Waals surface area contributed by atoms with Crippen LogP contribution in [0.1, 0.15) is 18.1 Å².